The van der Waals surface area contributed by atoms with Crippen LogP contribution in [-0.4, -0.2) is 47.8 Å². The molecule has 2 N–H and O–H groups in total. The van der Waals surface area contributed by atoms with Gasteiger partial charge in [0.1, 0.15) is 18.1 Å². The second-order valence-corrected chi connectivity index (χ2v) is 8.35. The van der Waals surface area contributed by atoms with E-state index in [-0.39, 0.29) is 23.6 Å². The van der Waals surface area contributed by atoms with Gasteiger partial charge in [-0.05, 0) is 37.3 Å². The Balaban J connectivity index is 1.60. The Hall–Kier alpha value is -4.79. The molecule has 9 heteroatoms. The molecule has 1 atom stereocenters. The summed E-state index contributed by atoms with van der Waals surface area (Å²) in [5, 5.41) is 3.48. The Morgan fingerprint density at radius 2 is 1.73 bits per heavy atom. The number of aliphatic imine (C=N–C) groups is 1. The maximum atomic E-state index is 14.9. The fourth-order valence-corrected chi connectivity index (χ4v) is 4.29. The van der Waals surface area contributed by atoms with E-state index < -0.39 is 36.3 Å². The maximum absolute atomic E-state index is 14.9. The predicted molar refractivity (Wildman–Crippen MR) is 137 cm³/mol. The summed E-state index contributed by atoms with van der Waals surface area (Å²) in [6.07, 6.45) is -1.43. The Kier molecular flexibility index (Phi) is 6.51. The lowest BCUT2D eigenvalue weighted by molar-refractivity contribution is -0.142. The molecule has 0 saturated carbocycles. The zero-order chi connectivity index (χ0) is 25.9. The van der Waals surface area contributed by atoms with Gasteiger partial charge < -0.3 is 15.0 Å². The van der Waals surface area contributed by atoms with Gasteiger partial charge in [0.05, 0.1) is 18.0 Å². The van der Waals surface area contributed by atoms with E-state index in [0.717, 1.165) is 10.9 Å². The number of carbonyl (C=O) groups excluding carboxylic acids is 3. The van der Waals surface area contributed by atoms with Gasteiger partial charge in [-0.2, -0.15) is 0 Å². The molecule has 2 heterocycles. The van der Waals surface area contributed by atoms with Crippen molar-refractivity contribution in [1.82, 2.24) is 10.3 Å². The Morgan fingerprint density at radius 1 is 1.03 bits per heavy atom. The average molecular weight is 499 g/mol. The number of halogens is 1. The number of nitrogens with one attached hydrogen (secondary N) is 2. The van der Waals surface area contributed by atoms with Crippen LogP contribution in [0.25, 0.3) is 10.9 Å². The molecule has 0 spiro atoms. The molecule has 4 aromatic rings. The highest BCUT2D eigenvalue weighted by atomic mass is 19.1. The number of para-hydroxylation sites is 2. The van der Waals surface area contributed by atoms with E-state index in [2.05, 4.69) is 15.3 Å². The molecule has 186 valence electrons. The van der Waals surface area contributed by atoms with Crippen LogP contribution in [0.15, 0.2) is 83.9 Å². The monoisotopic (exact) mass is 498 g/mol. The van der Waals surface area contributed by atoms with Gasteiger partial charge in [-0.3, -0.25) is 19.3 Å². The zero-order valence-corrected chi connectivity index (χ0v) is 19.9. The van der Waals surface area contributed by atoms with Crippen molar-refractivity contribution in [2.24, 2.45) is 4.99 Å². The minimum atomic E-state index is -1.43. The van der Waals surface area contributed by atoms with E-state index in [9.17, 15) is 18.8 Å². The van der Waals surface area contributed by atoms with Crippen molar-refractivity contribution in [3.05, 3.63) is 102 Å². The Labute approximate surface area is 211 Å². The lowest BCUT2D eigenvalue weighted by Crippen LogP contribution is -2.49. The SMILES string of the molecule is CCOC(=O)CN1C(=O)[C@@H](NC(=O)c2cc3ccccc3[nH]2)N=C(c2ccccc2F)c2ccccc21. The number of fused-ring (bicyclic) bond motifs is 2. The van der Waals surface area contributed by atoms with Crippen LogP contribution in [0.5, 0.6) is 0 Å². The second-order valence-electron chi connectivity index (χ2n) is 8.35. The van der Waals surface area contributed by atoms with Crippen molar-refractivity contribution in [1.29, 1.82) is 0 Å². The molecule has 3 aromatic carbocycles. The van der Waals surface area contributed by atoms with Crippen LogP contribution in [0.2, 0.25) is 0 Å². The molecule has 0 aliphatic carbocycles. The third-order valence-corrected chi connectivity index (χ3v) is 5.97. The molecule has 37 heavy (non-hydrogen) atoms. The molecule has 0 fully saturated rings. The largest absolute Gasteiger partial charge is 0.465 e. The number of hydrogen-bond acceptors (Lipinski definition) is 5. The highest BCUT2D eigenvalue weighted by molar-refractivity contribution is 6.21. The van der Waals surface area contributed by atoms with Crippen LogP contribution < -0.4 is 10.2 Å². The number of carbonyl (C=O) groups is 3. The lowest BCUT2D eigenvalue weighted by atomic mass is 10.00. The molecular formula is C28H23FN4O4. The number of benzodiazepines with no additional fused rings is 1. The second kappa shape index (κ2) is 10.1. The molecule has 0 saturated heterocycles. The van der Waals surface area contributed by atoms with E-state index in [4.69, 9.17) is 4.74 Å². The number of hydrogen-bond donors (Lipinski definition) is 2. The van der Waals surface area contributed by atoms with Crippen LogP contribution >= 0.6 is 0 Å². The first-order chi connectivity index (χ1) is 18.0. The van der Waals surface area contributed by atoms with Crippen LogP contribution in [0.4, 0.5) is 10.1 Å². The molecule has 8 nitrogen and oxygen atoms in total. The predicted octanol–water partition coefficient (Wildman–Crippen LogP) is 3.81. The standard InChI is InChI=1S/C28H23FN4O4/c1-2-37-24(34)16-33-23-14-8-5-11-19(23)25(18-10-4-6-12-20(18)29)31-26(28(33)36)32-27(35)22-15-17-9-3-7-13-21(17)30-22/h3-15,26,30H,2,16H2,1H3,(H,32,35)/t26-/m1/s1. The van der Waals surface area contributed by atoms with Crippen molar-refractivity contribution in [3.8, 4) is 0 Å². The lowest BCUT2D eigenvalue weighted by Gasteiger charge is -2.24. The molecule has 5 rings (SSSR count). The summed E-state index contributed by atoms with van der Waals surface area (Å²) in [6.45, 7) is 1.40. The number of nitrogens with zero attached hydrogens (tertiary/aromatic N) is 2. The van der Waals surface area contributed by atoms with Crippen molar-refractivity contribution in [2.75, 3.05) is 18.1 Å². The molecule has 0 radical (unpaired) electrons. The summed E-state index contributed by atoms with van der Waals surface area (Å²) in [7, 11) is 0. The highest BCUT2D eigenvalue weighted by Gasteiger charge is 2.35. The first kappa shape index (κ1) is 23.9. The summed E-state index contributed by atoms with van der Waals surface area (Å²) < 4.78 is 20.0. The van der Waals surface area contributed by atoms with Crippen molar-refractivity contribution < 1.29 is 23.5 Å². The van der Waals surface area contributed by atoms with Gasteiger partial charge in [0, 0.05) is 22.0 Å². The molecule has 1 aromatic heterocycles. The molecule has 2 amide bonds. The van der Waals surface area contributed by atoms with Crippen molar-refractivity contribution in [3.63, 3.8) is 0 Å². The van der Waals surface area contributed by atoms with Gasteiger partial charge >= 0.3 is 5.97 Å². The molecule has 0 bridgehead atoms. The van der Waals surface area contributed by atoms with Crippen LogP contribution in [0.1, 0.15) is 28.5 Å². The Bertz CT molecular complexity index is 1510. The summed E-state index contributed by atoms with van der Waals surface area (Å²) in [5.74, 6) is -2.40. The average Bonchev–Trinajstić information content (AvgIpc) is 3.31. The van der Waals surface area contributed by atoms with Crippen molar-refractivity contribution in [2.45, 2.75) is 13.1 Å². The number of esters is 1. The van der Waals surface area contributed by atoms with E-state index in [1.54, 1.807) is 55.5 Å². The minimum absolute atomic E-state index is 0.139. The highest BCUT2D eigenvalue weighted by Crippen LogP contribution is 2.29. The molecule has 1 aliphatic heterocycles. The summed E-state index contributed by atoms with van der Waals surface area (Å²) >= 11 is 0. The number of rotatable bonds is 6. The smallest absolute Gasteiger partial charge is 0.326 e. The zero-order valence-electron chi connectivity index (χ0n) is 19.9. The van der Waals surface area contributed by atoms with Gasteiger partial charge in [-0.15, -0.1) is 0 Å². The van der Waals surface area contributed by atoms with E-state index in [0.29, 0.717) is 11.3 Å². The normalized spacial score (nSPS) is 15.1. The number of amides is 2. The van der Waals surface area contributed by atoms with Gasteiger partial charge in [0.25, 0.3) is 11.8 Å². The number of aromatic nitrogens is 1. The van der Waals surface area contributed by atoms with Crippen LogP contribution in [-0.2, 0) is 14.3 Å². The number of benzene rings is 3. The topological polar surface area (TPSA) is 104 Å². The summed E-state index contributed by atoms with van der Waals surface area (Å²) in [5.41, 5.74) is 2.11. The van der Waals surface area contributed by atoms with Gasteiger partial charge in [0.15, 0.2) is 0 Å². The first-order valence-corrected chi connectivity index (χ1v) is 11.7. The third-order valence-electron chi connectivity index (χ3n) is 5.97. The number of anilines is 1. The third kappa shape index (κ3) is 4.71. The molecule has 0 unspecified atom stereocenters. The quantitative estimate of drug-likeness (QED) is 0.395. The van der Waals surface area contributed by atoms with E-state index in [1.807, 2.05) is 24.3 Å². The summed E-state index contributed by atoms with van der Waals surface area (Å²) in [6, 6.07) is 21.8. The maximum Gasteiger partial charge on any atom is 0.326 e. The number of aromatic amines is 1. The van der Waals surface area contributed by atoms with Gasteiger partial charge in [0.2, 0.25) is 6.17 Å². The minimum Gasteiger partial charge on any atom is -0.465 e. The molecular weight excluding hydrogens is 475 g/mol. The van der Waals surface area contributed by atoms with E-state index in [1.165, 1.54) is 11.0 Å². The summed E-state index contributed by atoms with van der Waals surface area (Å²) in [4.78, 5) is 48.1. The first-order valence-electron chi connectivity index (χ1n) is 11.7. The number of ether oxygens (including phenoxy) is 1. The van der Waals surface area contributed by atoms with Crippen LogP contribution in [0.3, 0.4) is 0 Å². The molecule has 1 aliphatic rings. The van der Waals surface area contributed by atoms with E-state index >= 15 is 0 Å². The fraction of sp³-hybridized carbons (Fsp3) is 0.143. The van der Waals surface area contributed by atoms with Gasteiger partial charge in [-0.25, -0.2) is 9.38 Å². The number of H-pyrrole nitrogens is 1. The Morgan fingerprint density at radius 3 is 2.49 bits per heavy atom. The van der Waals surface area contributed by atoms with Crippen molar-refractivity contribution >= 4 is 40.1 Å². The van der Waals surface area contributed by atoms with Crippen LogP contribution in [0, 0.1) is 5.82 Å². The van der Waals surface area contributed by atoms with Gasteiger partial charge in [-0.1, -0.05) is 48.5 Å². The fourth-order valence-electron chi connectivity index (χ4n) is 4.29.